The molecule has 1 heterocycles. The first kappa shape index (κ1) is 19.6. The van der Waals surface area contributed by atoms with Crippen molar-refractivity contribution in [1.29, 1.82) is 0 Å². The molecule has 1 amide bonds. The van der Waals surface area contributed by atoms with E-state index in [1.807, 2.05) is 38.1 Å². The monoisotopic (exact) mass is 385 g/mol. The molecule has 27 heavy (non-hydrogen) atoms. The molecule has 0 atom stereocenters. The van der Waals surface area contributed by atoms with Gasteiger partial charge in [-0.1, -0.05) is 49.1 Å². The highest BCUT2D eigenvalue weighted by molar-refractivity contribution is 7.17. The Morgan fingerprint density at radius 1 is 1.11 bits per heavy atom. The smallest absolute Gasteiger partial charge is 0.341 e. The first-order valence-electron chi connectivity index (χ1n) is 9.58. The molecular formula is C22H27NO3S. The lowest BCUT2D eigenvalue weighted by atomic mass is 9.87. The Morgan fingerprint density at radius 3 is 2.41 bits per heavy atom. The number of hydrogen-bond acceptors (Lipinski definition) is 4. The van der Waals surface area contributed by atoms with Crippen LogP contribution in [-0.4, -0.2) is 19.0 Å². The molecule has 5 heteroatoms. The van der Waals surface area contributed by atoms with Gasteiger partial charge in [0.05, 0.1) is 7.11 Å². The molecule has 0 saturated heterocycles. The number of thiophene rings is 1. The minimum absolute atomic E-state index is 0.0104. The summed E-state index contributed by atoms with van der Waals surface area (Å²) in [5, 5.41) is 3.59. The fourth-order valence-corrected chi connectivity index (χ4v) is 4.91. The molecule has 1 aliphatic carbocycles. The van der Waals surface area contributed by atoms with Crippen molar-refractivity contribution in [3.63, 3.8) is 0 Å². The number of rotatable bonds is 5. The van der Waals surface area contributed by atoms with Crippen LogP contribution in [0.1, 0.15) is 59.3 Å². The first-order valence-corrected chi connectivity index (χ1v) is 10.4. The van der Waals surface area contributed by atoms with Crippen molar-refractivity contribution in [2.24, 2.45) is 5.92 Å². The van der Waals surface area contributed by atoms with E-state index in [2.05, 4.69) is 5.32 Å². The average molecular weight is 386 g/mol. The van der Waals surface area contributed by atoms with Gasteiger partial charge in [0.15, 0.2) is 0 Å². The first-order chi connectivity index (χ1) is 13.0. The summed E-state index contributed by atoms with van der Waals surface area (Å²) in [5.41, 5.74) is 3.43. The molecule has 1 saturated carbocycles. The number of carbonyl (C=O) groups excluding carboxylic acids is 2. The topological polar surface area (TPSA) is 55.4 Å². The van der Waals surface area contributed by atoms with E-state index in [9.17, 15) is 9.59 Å². The molecule has 1 aromatic heterocycles. The lowest BCUT2D eigenvalue weighted by molar-refractivity contribution is -0.117. The number of aryl methyl sites for hydroxylation is 2. The second kappa shape index (κ2) is 8.70. The van der Waals surface area contributed by atoms with Crippen molar-refractivity contribution in [3.8, 4) is 11.1 Å². The van der Waals surface area contributed by atoms with Crippen LogP contribution < -0.4 is 5.32 Å². The maximum atomic E-state index is 12.6. The highest BCUT2D eigenvalue weighted by Crippen LogP contribution is 2.40. The van der Waals surface area contributed by atoms with Crippen LogP contribution in [0, 0.1) is 19.8 Å². The molecular weight excluding hydrogens is 358 g/mol. The molecule has 3 rings (SSSR count). The Bertz CT molecular complexity index is 817. The molecule has 1 fully saturated rings. The summed E-state index contributed by atoms with van der Waals surface area (Å²) in [6.45, 7) is 4.01. The molecule has 0 spiro atoms. The molecule has 0 unspecified atom stereocenters. The fourth-order valence-electron chi connectivity index (χ4n) is 3.83. The van der Waals surface area contributed by atoms with E-state index in [0.29, 0.717) is 22.9 Å². The molecule has 1 aromatic carbocycles. The molecule has 1 aliphatic rings. The van der Waals surface area contributed by atoms with Gasteiger partial charge >= 0.3 is 5.97 Å². The van der Waals surface area contributed by atoms with Crippen LogP contribution in [0.2, 0.25) is 0 Å². The summed E-state index contributed by atoms with van der Waals surface area (Å²) in [6.07, 6.45) is 6.46. The zero-order valence-electron chi connectivity index (χ0n) is 16.3. The quantitative estimate of drug-likeness (QED) is 0.669. The lowest BCUT2D eigenvalue weighted by Crippen LogP contribution is -2.19. The Morgan fingerprint density at radius 2 is 1.78 bits per heavy atom. The van der Waals surface area contributed by atoms with Crippen LogP contribution in [0.15, 0.2) is 24.3 Å². The number of benzene rings is 1. The Labute approximate surface area is 164 Å². The van der Waals surface area contributed by atoms with Gasteiger partial charge in [-0.25, -0.2) is 4.79 Å². The zero-order valence-corrected chi connectivity index (χ0v) is 17.1. The Kier molecular flexibility index (Phi) is 6.32. The standard InChI is InChI=1S/C22H27NO3S/c1-14-9-11-17(12-10-14)19-15(2)27-21(20(19)22(25)26-3)23-18(24)13-16-7-5-4-6-8-16/h9-12,16H,4-8,13H2,1-3H3,(H,23,24). The summed E-state index contributed by atoms with van der Waals surface area (Å²) < 4.78 is 5.02. The summed E-state index contributed by atoms with van der Waals surface area (Å²) in [5.74, 6) is 0.0320. The second-order valence-corrected chi connectivity index (χ2v) is 8.58. The number of ether oxygens (including phenoxy) is 1. The minimum atomic E-state index is -0.414. The van der Waals surface area contributed by atoms with Gasteiger partial charge < -0.3 is 10.1 Å². The number of methoxy groups -OCH3 is 1. The number of hydrogen-bond donors (Lipinski definition) is 1. The molecule has 0 aliphatic heterocycles. The maximum absolute atomic E-state index is 12.6. The van der Waals surface area contributed by atoms with E-state index < -0.39 is 5.97 Å². The number of carbonyl (C=O) groups is 2. The van der Waals surface area contributed by atoms with Crippen LogP contribution in [-0.2, 0) is 9.53 Å². The molecule has 0 radical (unpaired) electrons. The highest BCUT2D eigenvalue weighted by Gasteiger charge is 2.26. The molecule has 0 bridgehead atoms. The summed E-state index contributed by atoms with van der Waals surface area (Å²) in [6, 6.07) is 8.05. The van der Waals surface area contributed by atoms with Crippen molar-refractivity contribution in [3.05, 3.63) is 40.3 Å². The third-order valence-corrected chi connectivity index (χ3v) is 6.29. The lowest BCUT2D eigenvalue weighted by Gasteiger charge is -2.20. The zero-order chi connectivity index (χ0) is 19.4. The van der Waals surface area contributed by atoms with Gasteiger partial charge in [-0.05, 0) is 38.2 Å². The van der Waals surface area contributed by atoms with Crippen molar-refractivity contribution in [1.82, 2.24) is 0 Å². The summed E-state index contributed by atoms with van der Waals surface area (Å²) in [7, 11) is 1.38. The SMILES string of the molecule is COC(=O)c1c(NC(=O)CC2CCCCC2)sc(C)c1-c1ccc(C)cc1. The van der Waals surface area contributed by atoms with Gasteiger partial charge in [0.1, 0.15) is 10.6 Å². The normalized spacial score (nSPS) is 14.8. The van der Waals surface area contributed by atoms with Crippen molar-refractivity contribution in [2.45, 2.75) is 52.4 Å². The van der Waals surface area contributed by atoms with Gasteiger partial charge in [0.2, 0.25) is 5.91 Å². The predicted octanol–water partition coefficient (Wildman–Crippen LogP) is 5.73. The number of esters is 1. The van der Waals surface area contributed by atoms with Crippen LogP contribution in [0.3, 0.4) is 0 Å². The highest BCUT2D eigenvalue weighted by atomic mass is 32.1. The van der Waals surface area contributed by atoms with Crippen LogP contribution in [0.4, 0.5) is 5.00 Å². The van der Waals surface area contributed by atoms with E-state index in [1.165, 1.54) is 37.7 Å². The van der Waals surface area contributed by atoms with Crippen molar-refractivity contribution < 1.29 is 14.3 Å². The average Bonchev–Trinajstić information content (AvgIpc) is 2.98. The molecule has 144 valence electrons. The number of nitrogens with one attached hydrogen (secondary N) is 1. The van der Waals surface area contributed by atoms with Gasteiger partial charge in [-0.3, -0.25) is 4.79 Å². The maximum Gasteiger partial charge on any atom is 0.341 e. The molecule has 2 aromatic rings. The van der Waals surface area contributed by atoms with E-state index in [1.54, 1.807) is 0 Å². The van der Waals surface area contributed by atoms with Crippen LogP contribution in [0.25, 0.3) is 11.1 Å². The summed E-state index contributed by atoms with van der Waals surface area (Å²) in [4.78, 5) is 26.1. The minimum Gasteiger partial charge on any atom is -0.465 e. The second-order valence-electron chi connectivity index (χ2n) is 7.35. The van der Waals surface area contributed by atoms with E-state index in [-0.39, 0.29) is 5.91 Å². The third kappa shape index (κ3) is 4.59. The molecule has 4 nitrogen and oxygen atoms in total. The fraction of sp³-hybridized carbons (Fsp3) is 0.455. The number of amides is 1. The van der Waals surface area contributed by atoms with E-state index in [0.717, 1.165) is 34.4 Å². The largest absolute Gasteiger partial charge is 0.465 e. The van der Waals surface area contributed by atoms with Crippen LogP contribution in [0.5, 0.6) is 0 Å². The predicted molar refractivity (Wildman–Crippen MR) is 110 cm³/mol. The van der Waals surface area contributed by atoms with Gasteiger partial charge in [0, 0.05) is 16.9 Å². The number of anilines is 1. The van der Waals surface area contributed by atoms with Gasteiger partial charge in [-0.15, -0.1) is 11.3 Å². The van der Waals surface area contributed by atoms with Crippen LogP contribution >= 0.6 is 11.3 Å². The van der Waals surface area contributed by atoms with Gasteiger partial charge in [-0.2, -0.15) is 0 Å². The van der Waals surface area contributed by atoms with E-state index in [4.69, 9.17) is 4.74 Å². The van der Waals surface area contributed by atoms with Crippen molar-refractivity contribution >= 4 is 28.2 Å². The van der Waals surface area contributed by atoms with E-state index >= 15 is 0 Å². The van der Waals surface area contributed by atoms with Gasteiger partial charge in [0.25, 0.3) is 0 Å². The third-order valence-electron chi connectivity index (χ3n) is 5.27. The summed E-state index contributed by atoms with van der Waals surface area (Å²) >= 11 is 1.44. The Hall–Kier alpha value is -2.14. The Balaban J connectivity index is 1.88. The molecule has 1 N–H and O–H groups in total. The van der Waals surface area contributed by atoms with Crippen molar-refractivity contribution in [2.75, 3.05) is 12.4 Å².